The Balaban J connectivity index is 1.94. The van der Waals surface area contributed by atoms with Gasteiger partial charge in [0.25, 0.3) is 0 Å². The topological polar surface area (TPSA) is 98.5 Å². The second-order valence-electron chi connectivity index (χ2n) is 7.78. The number of nitrogens with one attached hydrogen (secondary N) is 2. The first-order valence-corrected chi connectivity index (χ1v) is 10.5. The first kappa shape index (κ1) is 22.1. The minimum atomic E-state index is -1.11. The largest absolute Gasteiger partial charge is 0.497 e. The van der Waals surface area contributed by atoms with Crippen LogP contribution in [0, 0.1) is 5.92 Å². The molecule has 0 radical (unpaired) electrons. The number of piperidine rings is 1. The average molecular weight is 413 g/mol. The van der Waals surface area contributed by atoms with E-state index in [0.717, 1.165) is 37.9 Å². The summed E-state index contributed by atoms with van der Waals surface area (Å²) in [6, 6.07) is 9.29. The minimum absolute atomic E-state index is 0.403. The molecule has 0 spiro atoms. The van der Waals surface area contributed by atoms with Crippen LogP contribution in [0.3, 0.4) is 0 Å². The molecule has 3 rings (SSSR count). The quantitative estimate of drug-likeness (QED) is 0.552. The number of nitrogens with two attached hydrogens (primary N) is 1. The Morgan fingerprint density at radius 2 is 1.93 bits per heavy atom. The molecule has 2 aromatic rings. The molecule has 162 valence electrons. The zero-order valence-corrected chi connectivity index (χ0v) is 17.8. The number of benzene rings is 1. The normalized spacial score (nSPS) is 16.6. The van der Waals surface area contributed by atoms with Crippen LogP contribution in [0.4, 0.5) is 0 Å². The minimum Gasteiger partial charge on any atom is -0.497 e. The molecule has 2 heterocycles. The lowest BCUT2D eigenvalue weighted by atomic mass is 9.82. The molecular formula is C23H32N4O3. The fraction of sp³-hybridized carbons (Fsp3) is 0.478. The van der Waals surface area contributed by atoms with E-state index in [2.05, 4.69) is 15.6 Å². The third kappa shape index (κ3) is 5.09. The molecule has 1 aliphatic rings. The van der Waals surface area contributed by atoms with E-state index >= 15 is 0 Å². The number of primary amides is 1. The lowest BCUT2D eigenvalue weighted by Gasteiger charge is -2.35. The standard InChI is InChI=1S/C23H32N4O3/c1-29-19-3-4-20(21(15-19)30-2)23(22(24)28,16-18-7-12-26-13-8-18)27-14-9-17-5-10-25-11-6-17/h3-4,7-8,12-13,15,17,25,27H,5-6,9-11,14,16H2,1-2H3,(H2,24,28). The predicted molar refractivity (Wildman–Crippen MR) is 117 cm³/mol. The highest BCUT2D eigenvalue weighted by atomic mass is 16.5. The van der Waals surface area contributed by atoms with Crippen LogP contribution < -0.4 is 25.8 Å². The molecule has 1 unspecified atom stereocenters. The number of pyridine rings is 1. The van der Waals surface area contributed by atoms with E-state index in [0.29, 0.717) is 35.9 Å². The summed E-state index contributed by atoms with van der Waals surface area (Å²) >= 11 is 0. The SMILES string of the molecule is COc1ccc(C(Cc2ccncc2)(NCCC2CCNCC2)C(N)=O)c(OC)c1. The van der Waals surface area contributed by atoms with Gasteiger partial charge in [-0.25, -0.2) is 0 Å². The van der Waals surface area contributed by atoms with E-state index in [1.165, 1.54) is 0 Å². The van der Waals surface area contributed by atoms with Crippen LogP contribution in [-0.2, 0) is 16.8 Å². The molecule has 4 N–H and O–H groups in total. The van der Waals surface area contributed by atoms with Crippen molar-refractivity contribution in [1.29, 1.82) is 0 Å². The van der Waals surface area contributed by atoms with E-state index in [-0.39, 0.29) is 0 Å². The number of rotatable bonds is 10. The number of ether oxygens (including phenoxy) is 2. The van der Waals surface area contributed by atoms with Gasteiger partial charge in [-0.05, 0) is 74.6 Å². The van der Waals surface area contributed by atoms with Crippen LogP contribution in [-0.4, -0.2) is 44.7 Å². The van der Waals surface area contributed by atoms with Crippen LogP contribution in [0.15, 0.2) is 42.7 Å². The van der Waals surface area contributed by atoms with Gasteiger partial charge in [0.2, 0.25) is 5.91 Å². The lowest BCUT2D eigenvalue weighted by molar-refractivity contribution is -0.125. The Morgan fingerprint density at radius 3 is 2.57 bits per heavy atom. The summed E-state index contributed by atoms with van der Waals surface area (Å²) in [5.74, 6) is 1.43. The zero-order chi connectivity index (χ0) is 21.4. The van der Waals surface area contributed by atoms with Gasteiger partial charge in [-0.15, -0.1) is 0 Å². The van der Waals surface area contributed by atoms with Gasteiger partial charge in [0, 0.05) is 30.4 Å². The number of hydrogen-bond donors (Lipinski definition) is 3. The summed E-state index contributed by atoms with van der Waals surface area (Å²) in [4.78, 5) is 17.1. The molecule has 1 amide bonds. The second-order valence-corrected chi connectivity index (χ2v) is 7.78. The fourth-order valence-corrected chi connectivity index (χ4v) is 4.18. The van der Waals surface area contributed by atoms with Gasteiger partial charge in [-0.3, -0.25) is 15.1 Å². The monoisotopic (exact) mass is 412 g/mol. The van der Waals surface area contributed by atoms with Crippen LogP contribution in [0.2, 0.25) is 0 Å². The molecule has 1 atom stereocenters. The molecule has 1 aromatic carbocycles. The van der Waals surface area contributed by atoms with Crippen molar-refractivity contribution >= 4 is 5.91 Å². The van der Waals surface area contributed by atoms with Crippen molar-refractivity contribution in [2.24, 2.45) is 11.7 Å². The number of carbonyl (C=O) groups excluding carboxylic acids is 1. The number of hydrogen-bond acceptors (Lipinski definition) is 6. The molecule has 1 saturated heterocycles. The van der Waals surface area contributed by atoms with Gasteiger partial charge < -0.3 is 20.5 Å². The maximum absolute atomic E-state index is 13.0. The van der Waals surface area contributed by atoms with Crippen LogP contribution >= 0.6 is 0 Å². The number of nitrogens with zero attached hydrogens (tertiary/aromatic N) is 1. The molecule has 0 bridgehead atoms. The maximum Gasteiger partial charge on any atom is 0.242 e. The van der Waals surface area contributed by atoms with E-state index < -0.39 is 11.4 Å². The highest BCUT2D eigenvalue weighted by Gasteiger charge is 2.41. The van der Waals surface area contributed by atoms with Crippen molar-refractivity contribution in [3.63, 3.8) is 0 Å². The first-order chi connectivity index (χ1) is 14.6. The van der Waals surface area contributed by atoms with Crippen LogP contribution in [0.25, 0.3) is 0 Å². The van der Waals surface area contributed by atoms with Gasteiger partial charge in [-0.1, -0.05) is 0 Å². The van der Waals surface area contributed by atoms with Crippen molar-refractivity contribution in [2.75, 3.05) is 33.9 Å². The third-order valence-corrected chi connectivity index (χ3v) is 5.95. The van der Waals surface area contributed by atoms with Gasteiger partial charge in [-0.2, -0.15) is 0 Å². The summed E-state index contributed by atoms with van der Waals surface area (Å²) in [6.07, 6.45) is 7.15. The second kappa shape index (κ2) is 10.4. The molecule has 0 aliphatic carbocycles. The van der Waals surface area contributed by atoms with E-state index in [1.54, 1.807) is 32.7 Å². The van der Waals surface area contributed by atoms with Gasteiger partial charge in [0.05, 0.1) is 14.2 Å². The Bertz CT molecular complexity index is 824. The molecule has 30 heavy (non-hydrogen) atoms. The fourth-order valence-electron chi connectivity index (χ4n) is 4.18. The summed E-state index contributed by atoms with van der Waals surface area (Å²) in [6.45, 7) is 2.79. The van der Waals surface area contributed by atoms with Crippen molar-refractivity contribution < 1.29 is 14.3 Å². The Kier molecular flexibility index (Phi) is 7.65. The summed E-state index contributed by atoms with van der Waals surface area (Å²) in [5.41, 5.74) is 6.62. The van der Waals surface area contributed by atoms with Crippen molar-refractivity contribution in [3.8, 4) is 11.5 Å². The smallest absolute Gasteiger partial charge is 0.242 e. The summed E-state index contributed by atoms with van der Waals surface area (Å²) in [5, 5.41) is 6.92. The number of methoxy groups -OCH3 is 2. The van der Waals surface area contributed by atoms with E-state index in [1.807, 2.05) is 24.3 Å². The predicted octanol–water partition coefficient (Wildman–Crippen LogP) is 2.00. The highest BCUT2D eigenvalue weighted by molar-refractivity contribution is 5.87. The van der Waals surface area contributed by atoms with E-state index in [9.17, 15) is 4.79 Å². The van der Waals surface area contributed by atoms with E-state index in [4.69, 9.17) is 15.2 Å². The van der Waals surface area contributed by atoms with Gasteiger partial charge in [0.1, 0.15) is 17.0 Å². The summed E-state index contributed by atoms with van der Waals surface area (Å²) in [7, 11) is 3.19. The summed E-state index contributed by atoms with van der Waals surface area (Å²) < 4.78 is 11.0. The number of amides is 1. The molecule has 1 aromatic heterocycles. The van der Waals surface area contributed by atoms with Crippen molar-refractivity contribution in [3.05, 3.63) is 53.9 Å². The van der Waals surface area contributed by atoms with Crippen LogP contribution in [0.1, 0.15) is 30.4 Å². The zero-order valence-electron chi connectivity index (χ0n) is 17.8. The van der Waals surface area contributed by atoms with Gasteiger partial charge in [0.15, 0.2) is 0 Å². The van der Waals surface area contributed by atoms with Crippen LogP contribution in [0.5, 0.6) is 11.5 Å². The van der Waals surface area contributed by atoms with Gasteiger partial charge >= 0.3 is 0 Å². The lowest BCUT2D eigenvalue weighted by Crippen LogP contribution is -2.55. The Morgan fingerprint density at radius 1 is 1.20 bits per heavy atom. The highest BCUT2D eigenvalue weighted by Crippen LogP contribution is 2.36. The molecule has 7 heteroatoms. The molecule has 1 fully saturated rings. The maximum atomic E-state index is 13.0. The number of carbonyl (C=O) groups is 1. The van der Waals surface area contributed by atoms with Crippen molar-refractivity contribution in [1.82, 2.24) is 15.6 Å². The Hall–Kier alpha value is -2.64. The molecular weight excluding hydrogens is 380 g/mol. The number of aromatic nitrogens is 1. The first-order valence-electron chi connectivity index (χ1n) is 10.5. The molecule has 0 saturated carbocycles. The van der Waals surface area contributed by atoms with Crippen molar-refractivity contribution in [2.45, 2.75) is 31.2 Å². The Labute approximate surface area is 178 Å². The molecule has 7 nitrogen and oxygen atoms in total. The molecule has 1 aliphatic heterocycles. The third-order valence-electron chi connectivity index (χ3n) is 5.95. The average Bonchev–Trinajstić information content (AvgIpc) is 2.79.